The maximum atomic E-state index is 11.6. The van der Waals surface area contributed by atoms with Crippen LogP contribution in [-0.2, 0) is 33.6 Å². The Kier molecular flexibility index (Phi) is 7.30. The zero-order valence-electron chi connectivity index (χ0n) is 14.1. The van der Waals surface area contributed by atoms with Crippen molar-refractivity contribution in [3.8, 4) is 0 Å². The van der Waals surface area contributed by atoms with Gasteiger partial charge in [-0.15, -0.1) is 4.52 Å². The molecule has 28 heavy (non-hydrogen) atoms. The number of rotatable bonds is 9. The van der Waals surface area contributed by atoms with Crippen molar-refractivity contribution >= 4 is 42.4 Å². The number of aromatic nitrogens is 3. The summed E-state index contributed by atoms with van der Waals surface area (Å²) in [5.41, 5.74) is 6.80. The van der Waals surface area contributed by atoms with Crippen molar-refractivity contribution in [3.63, 3.8) is 0 Å². The molecule has 3 unspecified atom stereocenters. The molecule has 5 N–H and O–H groups in total. The first kappa shape index (κ1) is 21.5. The molecule has 13 nitrogen and oxygen atoms in total. The van der Waals surface area contributed by atoms with Gasteiger partial charge in [0.05, 0.1) is 18.1 Å². The summed E-state index contributed by atoms with van der Waals surface area (Å²) in [6.45, 7) is -0.587. The van der Waals surface area contributed by atoms with Crippen LogP contribution in [-0.4, -0.2) is 48.5 Å². The van der Waals surface area contributed by atoms with Crippen LogP contribution in [0.2, 0.25) is 0 Å². The van der Waals surface area contributed by atoms with E-state index in [1.807, 2.05) is 0 Å². The third-order valence-corrected chi connectivity index (χ3v) is 6.34. The lowest BCUT2D eigenvalue weighted by atomic mass is 10.2. The fraction of sp³-hybridized carbons (Fsp3) is 0.500. The number of fused-ring (bicyclic) bond motifs is 1. The van der Waals surface area contributed by atoms with E-state index in [0.717, 1.165) is 0 Å². The number of aliphatic hydroxyl groups excluding tert-OH is 2. The molecule has 0 amide bonds. The molecule has 2 aromatic rings. The highest BCUT2D eigenvalue weighted by Gasteiger charge is 2.43. The molecule has 0 aliphatic carbocycles. The maximum Gasteiger partial charge on any atom is 0.753 e. The van der Waals surface area contributed by atoms with Gasteiger partial charge in [-0.1, -0.05) is 4.31 Å². The van der Waals surface area contributed by atoms with Gasteiger partial charge in [0, 0.05) is 27.3 Å². The Bertz CT molecular complexity index is 881. The van der Waals surface area contributed by atoms with Gasteiger partial charge in [-0.2, -0.15) is 0 Å². The van der Waals surface area contributed by atoms with E-state index in [9.17, 15) is 19.3 Å². The van der Waals surface area contributed by atoms with E-state index >= 15 is 0 Å². The van der Waals surface area contributed by atoms with E-state index in [2.05, 4.69) is 18.6 Å². The highest BCUT2D eigenvalue weighted by Crippen LogP contribution is 2.43. The summed E-state index contributed by atoms with van der Waals surface area (Å²) in [7, 11) is -6.66. The molecule has 1 saturated heterocycles. The number of ether oxygens (including phenoxy) is 1. The minimum Gasteiger partial charge on any atom is -0.392 e. The highest BCUT2D eigenvalue weighted by molar-refractivity contribution is 7.51. The Morgan fingerprint density at radius 1 is 1.39 bits per heavy atom. The van der Waals surface area contributed by atoms with Crippen LogP contribution in [0.3, 0.4) is 0 Å². The minimum atomic E-state index is -2.80. The predicted molar refractivity (Wildman–Crippen MR) is 96.3 cm³/mol. The van der Waals surface area contributed by atoms with Crippen molar-refractivity contribution in [3.05, 3.63) is 18.1 Å². The molecule has 6 atom stereocenters. The van der Waals surface area contributed by atoms with E-state index < -0.39 is 44.0 Å². The maximum absolute atomic E-state index is 11.6. The lowest BCUT2D eigenvalue weighted by molar-refractivity contribution is -0.0381. The number of aliphatic hydroxyl groups is 2. The number of nitrogens with two attached hydrogens (primary N) is 1. The van der Waals surface area contributed by atoms with Gasteiger partial charge in [0.15, 0.2) is 4.31 Å². The second kappa shape index (κ2) is 9.51. The molecule has 2 aromatic heterocycles. The largest absolute Gasteiger partial charge is 0.753 e. The predicted octanol–water partition coefficient (Wildman–Crippen LogP) is 1.02. The van der Waals surface area contributed by atoms with Gasteiger partial charge in [0.25, 0.3) is 0 Å². The number of nitrogens with zero attached hydrogens (tertiary/aromatic N) is 3. The molecule has 3 rings (SSSR count). The van der Waals surface area contributed by atoms with Crippen LogP contribution < -0.4 is 5.73 Å². The van der Waals surface area contributed by atoms with E-state index in [-0.39, 0.29) is 25.5 Å². The second-order valence-corrected chi connectivity index (χ2v) is 8.34. The quantitative estimate of drug-likeness (QED) is 0.394. The van der Waals surface area contributed by atoms with Gasteiger partial charge in [0.1, 0.15) is 36.7 Å². The average molecular weight is 454 g/mol. The van der Waals surface area contributed by atoms with Crippen molar-refractivity contribution in [1.82, 2.24) is 14.5 Å². The van der Waals surface area contributed by atoms with Crippen LogP contribution in [0, 0.1) is 0 Å². The van der Waals surface area contributed by atoms with Gasteiger partial charge in [-0.05, 0) is 0 Å². The molecule has 0 spiro atoms. The smallest absolute Gasteiger partial charge is 0.392 e. The molecule has 16 heteroatoms. The first-order chi connectivity index (χ1) is 13.4. The van der Waals surface area contributed by atoms with Crippen LogP contribution in [0.15, 0.2) is 12.5 Å². The highest BCUT2D eigenvalue weighted by atomic mass is 31.2. The van der Waals surface area contributed by atoms with Crippen LogP contribution in [0.4, 0.5) is 5.82 Å². The number of nitrogen functional groups attached to an aromatic ring is 1. The van der Waals surface area contributed by atoms with Crippen molar-refractivity contribution < 1.29 is 42.1 Å². The third kappa shape index (κ3) is 4.67. The minimum absolute atomic E-state index is 0.174. The Morgan fingerprint density at radius 2 is 2.18 bits per heavy atom. The number of hydrogen-bond acceptors (Lipinski definition) is 12. The van der Waals surface area contributed by atoms with E-state index in [0.29, 0.717) is 16.6 Å². The van der Waals surface area contributed by atoms with Crippen LogP contribution in [0.25, 0.3) is 11.0 Å². The Hall–Kier alpha value is -1.23. The molecule has 0 bridgehead atoms. The van der Waals surface area contributed by atoms with Crippen molar-refractivity contribution in [2.75, 3.05) is 12.3 Å². The molecule has 1 aliphatic heterocycles. The summed E-state index contributed by atoms with van der Waals surface area (Å²) in [6, 6.07) is 0. The SMILES string of the molecule is Nc1ncnc2c1c(CO)cn2[C@H]1C[C@@H](O)[C@@H](CO[P+](=O)O[P+](=O)OPO)O1. The van der Waals surface area contributed by atoms with Crippen molar-refractivity contribution in [2.45, 2.75) is 31.5 Å². The fourth-order valence-corrected chi connectivity index (χ4v) is 4.42. The summed E-state index contributed by atoms with van der Waals surface area (Å²) in [6.07, 6.45) is 0.617. The normalized spacial score (nSPS) is 23.8. The van der Waals surface area contributed by atoms with Gasteiger partial charge in [-0.25, -0.2) is 9.97 Å². The molecule has 1 aliphatic rings. The summed E-state index contributed by atoms with van der Waals surface area (Å²) >= 11 is 0. The molecule has 0 aromatic carbocycles. The summed E-state index contributed by atoms with van der Waals surface area (Å²) < 4.78 is 43.5. The zero-order valence-corrected chi connectivity index (χ0v) is 16.9. The van der Waals surface area contributed by atoms with Crippen molar-refractivity contribution in [1.29, 1.82) is 0 Å². The molecule has 152 valence electrons. The van der Waals surface area contributed by atoms with Crippen LogP contribution >= 0.6 is 25.5 Å². The number of hydrogen-bond donors (Lipinski definition) is 4. The van der Waals surface area contributed by atoms with E-state index in [1.165, 1.54) is 6.33 Å². The summed E-state index contributed by atoms with van der Waals surface area (Å²) in [4.78, 5) is 16.5. The molecular weight excluding hydrogens is 437 g/mol. The lowest BCUT2D eigenvalue weighted by Gasteiger charge is -2.14. The van der Waals surface area contributed by atoms with Gasteiger partial charge in [0.2, 0.25) is 9.03 Å². The average Bonchev–Trinajstić information content (AvgIpc) is 3.21. The second-order valence-electron chi connectivity index (χ2n) is 5.62. The van der Waals surface area contributed by atoms with Crippen LogP contribution in [0.1, 0.15) is 18.2 Å². The first-order valence-electron chi connectivity index (χ1n) is 7.80. The summed E-state index contributed by atoms with van der Waals surface area (Å²) in [5, 5.41) is 20.3. The molecular formula is C12H17N4O9P3+2. The standard InChI is InChI=1S/C12H17N4O9P3/c13-11-10-6(3-17)2-16(12(10)15-5-14-11)9-1-7(18)8(23-9)4-22-27(20)25-28(21)24-26-19/h2,5,7-9,17-19,26H,1,3-4H2,(H2,13,14,15)/q+2/t7-,8-,9-/m1/s1. The third-order valence-electron chi connectivity index (χ3n) is 3.99. The van der Waals surface area contributed by atoms with Crippen LogP contribution in [0.5, 0.6) is 0 Å². The van der Waals surface area contributed by atoms with E-state index in [4.69, 9.17) is 19.9 Å². The lowest BCUT2D eigenvalue weighted by Crippen LogP contribution is -2.25. The Balaban J connectivity index is 1.67. The molecule has 0 radical (unpaired) electrons. The Labute approximate surface area is 161 Å². The van der Waals surface area contributed by atoms with Gasteiger partial charge < -0.3 is 30.1 Å². The van der Waals surface area contributed by atoms with Gasteiger partial charge in [-0.3, -0.25) is 0 Å². The molecule has 3 heterocycles. The van der Waals surface area contributed by atoms with E-state index in [1.54, 1.807) is 10.8 Å². The first-order valence-corrected chi connectivity index (χ1v) is 10.8. The Morgan fingerprint density at radius 3 is 2.89 bits per heavy atom. The van der Waals surface area contributed by atoms with Gasteiger partial charge >= 0.3 is 16.5 Å². The molecule has 1 fully saturated rings. The monoisotopic (exact) mass is 454 g/mol. The van der Waals surface area contributed by atoms with Crippen molar-refractivity contribution in [2.24, 2.45) is 0 Å². The topological polar surface area (TPSA) is 188 Å². The molecule has 0 saturated carbocycles. The zero-order chi connectivity index (χ0) is 20.3. The summed E-state index contributed by atoms with van der Waals surface area (Å²) in [5.74, 6) is 0.209. The number of anilines is 1. The fourth-order valence-electron chi connectivity index (χ4n) is 2.82.